The number of nitrogens with zero attached hydrogens (tertiary/aromatic N) is 3. The zero-order valence-corrected chi connectivity index (χ0v) is 15.7. The zero-order valence-electron chi connectivity index (χ0n) is 15.7. The number of methoxy groups -OCH3 is 1. The van der Waals surface area contributed by atoms with Gasteiger partial charge in [0.15, 0.2) is 5.69 Å². The summed E-state index contributed by atoms with van der Waals surface area (Å²) in [6.45, 7) is 6.16. The molecule has 0 aliphatic rings. The summed E-state index contributed by atoms with van der Waals surface area (Å²) in [5.41, 5.74) is 2.62. The number of benzene rings is 2. The molecule has 3 aromatic rings. The molecule has 0 aliphatic heterocycles. The van der Waals surface area contributed by atoms with E-state index < -0.39 is 0 Å². The summed E-state index contributed by atoms with van der Waals surface area (Å²) in [5, 5.41) is 11.2. The minimum Gasteiger partial charge on any atom is -0.497 e. The van der Waals surface area contributed by atoms with Crippen molar-refractivity contribution >= 4 is 17.3 Å². The zero-order chi connectivity index (χ0) is 19.2. The van der Waals surface area contributed by atoms with Crippen LogP contribution in [0.4, 0.5) is 17.3 Å². The fraction of sp³-hybridized carbons (Fsp3) is 0.250. The molecule has 140 valence electrons. The van der Waals surface area contributed by atoms with Gasteiger partial charge in [-0.05, 0) is 62.4 Å². The van der Waals surface area contributed by atoms with Crippen molar-refractivity contribution in [2.24, 2.45) is 0 Å². The summed E-state index contributed by atoms with van der Waals surface area (Å²) >= 11 is 0. The van der Waals surface area contributed by atoms with Gasteiger partial charge in [-0.2, -0.15) is 0 Å². The quantitative estimate of drug-likeness (QED) is 0.667. The summed E-state index contributed by atoms with van der Waals surface area (Å²) in [4.78, 5) is 17.4. The average Bonchev–Trinajstić information content (AvgIpc) is 2.70. The number of rotatable bonds is 7. The third-order valence-electron chi connectivity index (χ3n) is 4.32. The first-order valence-corrected chi connectivity index (χ1v) is 8.88. The number of hydrogen-bond donors (Lipinski definition) is 2. The molecule has 3 rings (SSSR count). The second-order valence-electron chi connectivity index (χ2n) is 5.92. The summed E-state index contributed by atoms with van der Waals surface area (Å²) in [6, 6.07) is 15.1. The monoisotopic (exact) mass is 365 g/mol. The minimum atomic E-state index is -0.308. The Kier molecular flexibility index (Phi) is 5.71. The highest BCUT2D eigenvalue weighted by molar-refractivity contribution is 5.61. The van der Waals surface area contributed by atoms with E-state index in [1.165, 1.54) is 0 Å². The highest BCUT2D eigenvalue weighted by atomic mass is 16.5. The Hall–Kier alpha value is -3.35. The van der Waals surface area contributed by atoms with Crippen LogP contribution in [0.3, 0.4) is 0 Å². The van der Waals surface area contributed by atoms with Crippen LogP contribution >= 0.6 is 0 Å². The van der Waals surface area contributed by atoms with E-state index in [4.69, 9.17) is 4.74 Å². The molecule has 0 saturated carbocycles. The van der Waals surface area contributed by atoms with Crippen LogP contribution in [0.2, 0.25) is 0 Å². The first kappa shape index (κ1) is 18.4. The molecule has 7 nitrogen and oxygen atoms in total. The van der Waals surface area contributed by atoms with Crippen molar-refractivity contribution in [3.05, 3.63) is 58.9 Å². The largest absolute Gasteiger partial charge is 0.497 e. The van der Waals surface area contributed by atoms with E-state index in [-0.39, 0.29) is 11.3 Å². The van der Waals surface area contributed by atoms with Gasteiger partial charge >= 0.3 is 0 Å². The minimum absolute atomic E-state index is 0.264. The lowest BCUT2D eigenvalue weighted by molar-refractivity contribution is 0.415. The van der Waals surface area contributed by atoms with E-state index in [1.54, 1.807) is 31.4 Å². The number of aromatic amines is 1. The number of aromatic nitrogens is 3. The lowest BCUT2D eigenvalue weighted by Gasteiger charge is -2.21. The van der Waals surface area contributed by atoms with E-state index in [0.717, 1.165) is 30.2 Å². The third kappa shape index (κ3) is 4.25. The van der Waals surface area contributed by atoms with Crippen LogP contribution in [0.15, 0.2) is 53.3 Å². The highest BCUT2D eigenvalue weighted by Gasteiger charge is 2.08. The highest BCUT2D eigenvalue weighted by Crippen LogP contribution is 2.20. The van der Waals surface area contributed by atoms with E-state index in [2.05, 4.69) is 39.2 Å². The molecule has 0 fully saturated rings. The van der Waals surface area contributed by atoms with Crippen LogP contribution in [0.5, 0.6) is 5.75 Å². The van der Waals surface area contributed by atoms with Gasteiger partial charge in [0.1, 0.15) is 5.75 Å². The van der Waals surface area contributed by atoms with Crippen LogP contribution < -0.4 is 20.5 Å². The van der Waals surface area contributed by atoms with Crippen molar-refractivity contribution in [1.29, 1.82) is 0 Å². The smallest absolute Gasteiger partial charge is 0.279 e. The Labute approximate surface area is 158 Å². The number of anilines is 3. The van der Waals surface area contributed by atoms with E-state index >= 15 is 0 Å². The van der Waals surface area contributed by atoms with Gasteiger partial charge in [0.25, 0.3) is 5.56 Å². The Morgan fingerprint density at radius 1 is 1.00 bits per heavy atom. The van der Waals surface area contributed by atoms with Gasteiger partial charge in [-0.25, -0.2) is 0 Å². The van der Waals surface area contributed by atoms with Crippen molar-refractivity contribution in [3.63, 3.8) is 0 Å². The van der Waals surface area contributed by atoms with Gasteiger partial charge < -0.3 is 15.0 Å². The molecule has 0 aliphatic carbocycles. The van der Waals surface area contributed by atoms with Gasteiger partial charge in [-0.1, -0.05) is 0 Å². The fourth-order valence-corrected chi connectivity index (χ4v) is 2.81. The van der Waals surface area contributed by atoms with Crippen LogP contribution in [-0.4, -0.2) is 35.4 Å². The Balaban J connectivity index is 1.76. The van der Waals surface area contributed by atoms with Crippen molar-refractivity contribution in [1.82, 2.24) is 15.2 Å². The van der Waals surface area contributed by atoms with Crippen molar-refractivity contribution < 1.29 is 4.74 Å². The van der Waals surface area contributed by atoms with Crippen LogP contribution in [0.25, 0.3) is 11.3 Å². The Morgan fingerprint density at radius 3 is 2.22 bits per heavy atom. The first-order chi connectivity index (χ1) is 13.1. The normalized spacial score (nSPS) is 10.5. The van der Waals surface area contributed by atoms with Gasteiger partial charge in [0, 0.05) is 30.0 Å². The maximum absolute atomic E-state index is 12.4. The second kappa shape index (κ2) is 8.35. The molecule has 0 amide bonds. The number of H-pyrrole nitrogens is 1. The summed E-state index contributed by atoms with van der Waals surface area (Å²) in [6.07, 6.45) is 0. The summed E-state index contributed by atoms with van der Waals surface area (Å²) in [5.74, 6) is 1.02. The SMILES string of the molecule is CCN(CC)c1ccc(Nc2nnc(-c3ccc(OC)cc3)c(=O)[nH]2)cc1. The number of nitrogens with one attached hydrogen (secondary N) is 2. The van der Waals surface area contributed by atoms with Gasteiger partial charge in [-0.15, -0.1) is 10.2 Å². The Morgan fingerprint density at radius 2 is 1.67 bits per heavy atom. The van der Waals surface area contributed by atoms with Crippen molar-refractivity contribution in [3.8, 4) is 17.0 Å². The molecule has 1 heterocycles. The molecule has 0 spiro atoms. The van der Waals surface area contributed by atoms with E-state index in [1.807, 2.05) is 24.3 Å². The summed E-state index contributed by atoms with van der Waals surface area (Å²) in [7, 11) is 1.59. The predicted octanol–water partition coefficient (Wildman–Crippen LogP) is 3.43. The molecule has 2 N–H and O–H groups in total. The molecule has 0 radical (unpaired) electrons. The lowest BCUT2D eigenvalue weighted by Crippen LogP contribution is -2.21. The Bertz CT molecular complexity index is 932. The second-order valence-corrected chi connectivity index (χ2v) is 5.92. The fourth-order valence-electron chi connectivity index (χ4n) is 2.81. The average molecular weight is 365 g/mol. The first-order valence-electron chi connectivity index (χ1n) is 8.88. The molecule has 7 heteroatoms. The molecular weight excluding hydrogens is 342 g/mol. The van der Waals surface area contributed by atoms with E-state index in [9.17, 15) is 4.79 Å². The van der Waals surface area contributed by atoms with Crippen LogP contribution in [0, 0.1) is 0 Å². The van der Waals surface area contributed by atoms with E-state index in [0.29, 0.717) is 11.5 Å². The standard InChI is InChI=1S/C20H23N5O2/c1-4-25(5-2)16-10-8-15(9-11-16)21-20-22-19(26)18(23-24-20)14-6-12-17(27-3)13-7-14/h6-13H,4-5H2,1-3H3,(H2,21,22,24,26). The topological polar surface area (TPSA) is 83.1 Å². The van der Waals surface area contributed by atoms with Gasteiger partial charge in [0.2, 0.25) is 5.95 Å². The maximum atomic E-state index is 12.4. The van der Waals surface area contributed by atoms with Crippen LogP contribution in [0.1, 0.15) is 13.8 Å². The third-order valence-corrected chi connectivity index (χ3v) is 4.32. The molecule has 0 saturated heterocycles. The van der Waals surface area contributed by atoms with Crippen LogP contribution in [-0.2, 0) is 0 Å². The molecule has 2 aromatic carbocycles. The maximum Gasteiger partial charge on any atom is 0.279 e. The summed E-state index contributed by atoms with van der Waals surface area (Å²) < 4.78 is 5.12. The number of ether oxygens (including phenoxy) is 1. The molecule has 27 heavy (non-hydrogen) atoms. The molecule has 1 aromatic heterocycles. The lowest BCUT2D eigenvalue weighted by atomic mass is 10.1. The van der Waals surface area contributed by atoms with Crippen molar-refractivity contribution in [2.75, 3.05) is 30.4 Å². The van der Waals surface area contributed by atoms with Gasteiger partial charge in [0.05, 0.1) is 7.11 Å². The predicted molar refractivity (Wildman–Crippen MR) is 108 cm³/mol. The number of hydrogen-bond acceptors (Lipinski definition) is 6. The molecule has 0 unspecified atom stereocenters. The molecule has 0 bridgehead atoms. The van der Waals surface area contributed by atoms with Crippen molar-refractivity contribution in [2.45, 2.75) is 13.8 Å². The van der Waals surface area contributed by atoms with Gasteiger partial charge in [-0.3, -0.25) is 9.78 Å². The molecule has 0 atom stereocenters. The molecular formula is C20H23N5O2.